The number of benzene rings is 2. The van der Waals surface area contributed by atoms with E-state index in [4.69, 9.17) is 10.5 Å². The predicted octanol–water partition coefficient (Wildman–Crippen LogP) is 4.51. The van der Waals surface area contributed by atoms with Gasteiger partial charge < -0.3 is 15.8 Å². The highest BCUT2D eigenvalue weighted by Gasteiger charge is 2.44. The highest BCUT2D eigenvalue weighted by molar-refractivity contribution is 5.93. The van der Waals surface area contributed by atoms with Gasteiger partial charge in [-0.2, -0.15) is 0 Å². The zero-order valence-corrected chi connectivity index (χ0v) is 16.8. The first-order chi connectivity index (χ1) is 13.6. The maximum absolute atomic E-state index is 11.7. The number of ether oxygens (including phenoxy) is 1. The van der Waals surface area contributed by atoms with Crippen LogP contribution in [0.4, 0.5) is 0 Å². The molecule has 0 heterocycles. The molecular formula is C24H30N2O2. The van der Waals surface area contributed by atoms with Crippen molar-refractivity contribution in [2.45, 2.75) is 45.3 Å². The molecule has 4 heteroatoms. The third-order valence-corrected chi connectivity index (χ3v) is 5.63. The van der Waals surface area contributed by atoms with Crippen LogP contribution in [0.3, 0.4) is 0 Å². The molecule has 1 aliphatic rings. The first-order valence-electron chi connectivity index (χ1n) is 10.1. The number of nitrogens with two attached hydrogens (primary N) is 1. The second kappa shape index (κ2) is 9.07. The molecule has 0 aliphatic heterocycles. The molecule has 3 N–H and O–H groups in total. The Labute approximate surface area is 167 Å². The molecule has 4 nitrogen and oxygen atoms in total. The molecule has 2 aromatic carbocycles. The Balaban J connectivity index is 1.97. The Hall–Kier alpha value is -2.59. The van der Waals surface area contributed by atoms with E-state index < -0.39 is 11.5 Å². The van der Waals surface area contributed by atoms with Crippen molar-refractivity contribution in [3.63, 3.8) is 0 Å². The third kappa shape index (κ3) is 4.12. The molecule has 2 aromatic rings. The van der Waals surface area contributed by atoms with E-state index in [9.17, 15) is 4.79 Å². The smallest absolute Gasteiger partial charge is 0.248 e. The van der Waals surface area contributed by atoms with E-state index in [0.29, 0.717) is 18.1 Å². The summed E-state index contributed by atoms with van der Waals surface area (Å²) in [6.45, 7) is 5.62. The maximum atomic E-state index is 11.7. The van der Waals surface area contributed by atoms with Crippen LogP contribution in [0.25, 0.3) is 0 Å². The number of nitrogens with one attached hydrogen (secondary N) is 1. The van der Waals surface area contributed by atoms with Crippen LogP contribution in [0.15, 0.2) is 66.4 Å². The average Bonchev–Trinajstić information content (AvgIpc) is 2.71. The third-order valence-electron chi connectivity index (χ3n) is 5.63. The second-order valence-corrected chi connectivity index (χ2v) is 7.44. The fourth-order valence-electron chi connectivity index (χ4n) is 4.29. The lowest BCUT2D eigenvalue weighted by Crippen LogP contribution is -2.42. The summed E-state index contributed by atoms with van der Waals surface area (Å²) in [7, 11) is 0. The van der Waals surface area contributed by atoms with Crippen molar-refractivity contribution in [1.82, 2.24) is 5.32 Å². The van der Waals surface area contributed by atoms with Gasteiger partial charge in [0.1, 0.15) is 5.60 Å². The molecule has 1 fully saturated rings. The molecule has 0 radical (unpaired) electrons. The minimum absolute atomic E-state index is 0.300. The standard InChI is InChI=1S/C24H30N2O2/c1-3-28-24(21-13-8-12-20(15-21)23(25)27)18(2)9-7-14-22(24)17-26-16-19-10-5-4-6-11-19/h4-6,8,10-13,15,17-18,26H,3,7,9,14,16H2,1-2H3,(H2,25,27)/b22-17-. The molecule has 0 spiro atoms. The molecule has 0 bridgehead atoms. The van der Waals surface area contributed by atoms with E-state index in [1.807, 2.05) is 37.3 Å². The molecule has 0 saturated heterocycles. The van der Waals surface area contributed by atoms with Gasteiger partial charge in [-0.3, -0.25) is 4.79 Å². The van der Waals surface area contributed by atoms with Gasteiger partial charge in [0, 0.05) is 18.7 Å². The van der Waals surface area contributed by atoms with Gasteiger partial charge in [-0.05, 0) is 67.1 Å². The van der Waals surface area contributed by atoms with Crippen LogP contribution >= 0.6 is 0 Å². The minimum Gasteiger partial charge on any atom is -0.387 e. The molecule has 2 atom stereocenters. The fraction of sp³-hybridized carbons (Fsp3) is 0.375. The molecule has 1 saturated carbocycles. The molecule has 3 rings (SSSR count). The first-order valence-corrected chi connectivity index (χ1v) is 10.1. The number of primary amides is 1. The van der Waals surface area contributed by atoms with Gasteiger partial charge >= 0.3 is 0 Å². The first kappa shape index (κ1) is 20.2. The Morgan fingerprint density at radius 1 is 1.25 bits per heavy atom. The summed E-state index contributed by atoms with van der Waals surface area (Å²) in [6, 6.07) is 17.9. The zero-order chi connectivity index (χ0) is 20.0. The van der Waals surface area contributed by atoms with E-state index in [2.05, 4.69) is 36.6 Å². The Morgan fingerprint density at radius 3 is 2.75 bits per heavy atom. The predicted molar refractivity (Wildman–Crippen MR) is 113 cm³/mol. The van der Waals surface area contributed by atoms with E-state index in [-0.39, 0.29) is 0 Å². The fourth-order valence-corrected chi connectivity index (χ4v) is 4.29. The van der Waals surface area contributed by atoms with E-state index >= 15 is 0 Å². The van der Waals surface area contributed by atoms with E-state index in [1.54, 1.807) is 6.07 Å². The maximum Gasteiger partial charge on any atom is 0.248 e. The van der Waals surface area contributed by atoms with Crippen LogP contribution in [0.1, 0.15) is 54.6 Å². The number of hydrogen-bond donors (Lipinski definition) is 2. The summed E-state index contributed by atoms with van der Waals surface area (Å²) in [6.07, 6.45) is 5.30. The van der Waals surface area contributed by atoms with Gasteiger partial charge in [0.2, 0.25) is 5.91 Å². The zero-order valence-electron chi connectivity index (χ0n) is 16.8. The molecule has 148 valence electrons. The van der Waals surface area contributed by atoms with E-state index in [1.165, 1.54) is 11.1 Å². The monoisotopic (exact) mass is 378 g/mol. The lowest BCUT2D eigenvalue weighted by atomic mass is 9.69. The lowest BCUT2D eigenvalue weighted by molar-refractivity contribution is -0.0686. The van der Waals surface area contributed by atoms with Crippen molar-refractivity contribution < 1.29 is 9.53 Å². The summed E-state index contributed by atoms with van der Waals surface area (Å²) >= 11 is 0. The Morgan fingerprint density at radius 2 is 2.04 bits per heavy atom. The summed E-state index contributed by atoms with van der Waals surface area (Å²) in [5.41, 5.74) is 8.99. The highest BCUT2D eigenvalue weighted by atomic mass is 16.5. The van der Waals surface area contributed by atoms with Crippen molar-refractivity contribution in [2.75, 3.05) is 6.61 Å². The van der Waals surface area contributed by atoms with Crippen LogP contribution < -0.4 is 11.1 Å². The summed E-state index contributed by atoms with van der Waals surface area (Å²) in [4.78, 5) is 11.7. The van der Waals surface area contributed by atoms with Gasteiger partial charge in [0.15, 0.2) is 0 Å². The average molecular weight is 379 g/mol. The van der Waals surface area contributed by atoms with Crippen LogP contribution in [0.5, 0.6) is 0 Å². The summed E-state index contributed by atoms with van der Waals surface area (Å²) in [5, 5.41) is 3.48. The van der Waals surface area contributed by atoms with Gasteiger partial charge in [-0.25, -0.2) is 0 Å². The second-order valence-electron chi connectivity index (χ2n) is 7.44. The SMILES string of the molecule is CCOC1(c2cccc(C(N)=O)c2)/C(=C\NCc2ccccc2)CCCC1C. The van der Waals surface area contributed by atoms with Crippen LogP contribution in [-0.4, -0.2) is 12.5 Å². The van der Waals surface area contributed by atoms with Crippen molar-refractivity contribution in [3.05, 3.63) is 83.1 Å². The van der Waals surface area contributed by atoms with Crippen molar-refractivity contribution in [1.29, 1.82) is 0 Å². The van der Waals surface area contributed by atoms with Gasteiger partial charge in [-0.1, -0.05) is 49.4 Å². The van der Waals surface area contributed by atoms with Crippen LogP contribution in [-0.2, 0) is 16.9 Å². The van der Waals surface area contributed by atoms with Gasteiger partial charge in [-0.15, -0.1) is 0 Å². The van der Waals surface area contributed by atoms with Crippen LogP contribution in [0.2, 0.25) is 0 Å². The molecule has 28 heavy (non-hydrogen) atoms. The van der Waals surface area contributed by atoms with E-state index in [0.717, 1.165) is 31.4 Å². The quantitative estimate of drug-likeness (QED) is 0.745. The molecular weight excluding hydrogens is 348 g/mol. The van der Waals surface area contributed by atoms with Gasteiger partial charge in [0.05, 0.1) is 0 Å². The number of hydrogen-bond acceptors (Lipinski definition) is 3. The topological polar surface area (TPSA) is 64.3 Å². The molecule has 1 aliphatic carbocycles. The van der Waals surface area contributed by atoms with Crippen LogP contribution in [0, 0.1) is 5.92 Å². The number of carbonyl (C=O) groups excluding carboxylic acids is 1. The summed E-state index contributed by atoms with van der Waals surface area (Å²) < 4.78 is 6.46. The summed E-state index contributed by atoms with van der Waals surface area (Å²) in [5.74, 6) is -0.112. The Bertz CT molecular complexity index is 832. The number of rotatable bonds is 7. The normalized spacial score (nSPS) is 23.5. The molecule has 0 aromatic heterocycles. The highest BCUT2D eigenvalue weighted by Crippen LogP contribution is 2.48. The van der Waals surface area contributed by atoms with Crippen molar-refractivity contribution in [3.8, 4) is 0 Å². The number of carbonyl (C=O) groups is 1. The largest absolute Gasteiger partial charge is 0.387 e. The minimum atomic E-state index is -0.540. The lowest BCUT2D eigenvalue weighted by Gasteiger charge is -2.45. The number of amides is 1. The molecule has 2 unspecified atom stereocenters. The van der Waals surface area contributed by atoms with Crippen molar-refractivity contribution >= 4 is 5.91 Å². The van der Waals surface area contributed by atoms with Gasteiger partial charge in [0.25, 0.3) is 0 Å². The van der Waals surface area contributed by atoms with Crippen molar-refractivity contribution in [2.24, 2.45) is 11.7 Å². The Kier molecular flexibility index (Phi) is 6.53. The molecule has 1 amide bonds.